The Balaban J connectivity index is 2.96. The van der Waals surface area contributed by atoms with Crippen LogP contribution in [0.1, 0.15) is 51.3 Å². The number of nitrogens with zero attached hydrogens (tertiary/aromatic N) is 3. The minimum absolute atomic E-state index is 0.00264. The number of aliphatic carboxylic acids is 1. The number of methoxy groups -OCH3 is 1. The Morgan fingerprint density at radius 2 is 2.00 bits per heavy atom. The predicted molar refractivity (Wildman–Crippen MR) is 82.8 cm³/mol. The van der Waals surface area contributed by atoms with E-state index in [1.165, 1.54) is 11.8 Å². The molecule has 0 radical (unpaired) electrons. The SMILES string of the molecule is CCCC(CCC)c1nnc(SCC(=O)O)n1CCOC. The first-order valence-electron chi connectivity index (χ1n) is 7.40. The minimum atomic E-state index is -0.846. The Morgan fingerprint density at radius 3 is 2.52 bits per heavy atom. The molecule has 0 spiro atoms. The average molecular weight is 315 g/mol. The molecule has 0 aliphatic carbocycles. The monoisotopic (exact) mass is 315 g/mol. The number of carboxylic acid groups (broad SMARTS) is 1. The Morgan fingerprint density at radius 1 is 1.33 bits per heavy atom. The maximum atomic E-state index is 10.7. The highest BCUT2D eigenvalue weighted by atomic mass is 32.2. The summed E-state index contributed by atoms with van der Waals surface area (Å²) in [5.41, 5.74) is 0. The van der Waals surface area contributed by atoms with Gasteiger partial charge in [0.25, 0.3) is 0 Å². The van der Waals surface area contributed by atoms with Crippen molar-refractivity contribution in [1.82, 2.24) is 14.8 Å². The number of ether oxygens (including phenoxy) is 1. The third-order valence-electron chi connectivity index (χ3n) is 3.23. The van der Waals surface area contributed by atoms with Gasteiger partial charge in [-0.2, -0.15) is 0 Å². The molecule has 1 heterocycles. The zero-order valence-corrected chi connectivity index (χ0v) is 13.9. The first-order valence-corrected chi connectivity index (χ1v) is 8.39. The van der Waals surface area contributed by atoms with Gasteiger partial charge in [-0.05, 0) is 12.8 Å². The number of thioether (sulfide) groups is 1. The van der Waals surface area contributed by atoms with Crippen molar-refractivity contribution in [2.45, 2.75) is 57.1 Å². The van der Waals surface area contributed by atoms with Crippen LogP contribution in [-0.4, -0.2) is 45.3 Å². The van der Waals surface area contributed by atoms with E-state index in [2.05, 4.69) is 24.0 Å². The van der Waals surface area contributed by atoms with Gasteiger partial charge in [-0.1, -0.05) is 38.5 Å². The maximum absolute atomic E-state index is 10.7. The Bertz CT molecular complexity index is 431. The maximum Gasteiger partial charge on any atom is 0.313 e. The molecule has 0 aliphatic heterocycles. The number of aromatic nitrogens is 3. The largest absolute Gasteiger partial charge is 0.481 e. The first-order chi connectivity index (χ1) is 10.1. The molecule has 1 aromatic rings. The number of rotatable bonds is 11. The van der Waals surface area contributed by atoms with Gasteiger partial charge < -0.3 is 14.4 Å². The van der Waals surface area contributed by atoms with Crippen LogP contribution in [0.2, 0.25) is 0 Å². The lowest BCUT2D eigenvalue weighted by Crippen LogP contribution is -2.14. The summed E-state index contributed by atoms with van der Waals surface area (Å²) in [4.78, 5) is 10.7. The summed E-state index contributed by atoms with van der Waals surface area (Å²) in [5, 5.41) is 18.0. The lowest BCUT2D eigenvalue weighted by Gasteiger charge is -2.17. The third kappa shape index (κ3) is 5.67. The summed E-state index contributed by atoms with van der Waals surface area (Å²) in [6, 6.07) is 0. The van der Waals surface area contributed by atoms with E-state index in [0.717, 1.165) is 31.5 Å². The second kappa shape index (κ2) is 9.78. The number of carbonyl (C=O) groups is 1. The van der Waals surface area contributed by atoms with Gasteiger partial charge >= 0.3 is 5.97 Å². The first kappa shape index (κ1) is 18.0. The third-order valence-corrected chi connectivity index (χ3v) is 4.18. The molecule has 0 amide bonds. The van der Waals surface area contributed by atoms with E-state index in [9.17, 15) is 4.79 Å². The van der Waals surface area contributed by atoms with Gasteiger partial charge in [0.2, 0.25) is 0 Å². The molecular formula is C14H25N3O3S. The van der Waals surface area contributed by atoms with E-state index in [-0.39, 0.29) is 5.75 Å². The molecule has 1 aromatic heterocycles. The molecule has 0 atom stereocenters. The summed E-state index contributed by atoms with van der Waals surface area (Å²) >= 11 is 1.21. The molecule has 1 rings (SSSR count). The standard InChI is InChI=1S/C14H25N3O3S/c1-4-6-11(7-5-2)13-15-16-14(21-10-12(18)19)17(13)8-9-20-3/h11H,4-10H2,1-3H3,(H,18,19). The van der Waals surface area contributed by atoms with Crippen molar-refractivity contribution in [2.24, 2.45) is 0 Å². The van der Waals surface area contributed by atoms with E-state index in [1.807, 2.05) is 4.57 Å². The summed E-state index contributed by atoms with van der Waals surface area (Å²) in [6.07, 6.45) is 4.34. The van der Waals surface area contributed by atoms with E-state index in [0.29, 0.717) is 24.2 Å². The Labute approximate surface area is 130 Å². The molecule has 0 unspecified atom stereocenters. The molecule has 0 saturated carbocycles. The number of hydrogen-bond acceptors (Lipinski definition) is 5. The summed E-state index contributed by atoms with van der Waals surface area (Å²) in [7, 11) is 1.66. The van der Waals surface area contributed by atoms with Gasteiger partial charge in [-0.15, -0.1) is 10.2 Å². The van der Waals surface area contributed by atoms with Crippen molar-refractivity contribution in [3.8, 4) is 0 Å². The number of carboxylic acids is 1. The van der Waals surface area contributed by atoms with Gasteiger partial charge in [0.15, 0.2) is 5.16 Å². The van der Waals surface area contributed by atoms with Crippen LogP contribution in [-0.2, 0) is 16.1 Å². The van der Waals surface area contributed by atoms with Crippen LogP contribution in [0.25, 0.3) is 0 Å². The van der Waals surface area contributed by atoms with Crippen LogP contribution in [0.4, 0.5) is 0 Å². The second-order valence-corrected chi connectivity index (χ2v) is 5.88. The molecule has 0 bridgehead atoms. The highest BCUT2D eigenvalue weighted by Gasteiger charge is 2.20. The highest BCUT2D eigenvalue weighted by Crippen LogP contribution is 2.28. The zero-order chi connectivity index (χ0) is 15.7. The van der Waals surface area contributed by atoms with Gasteiger partial charge in [0.1, 0.15) is 5.82 Å². The average Bonchev–Trinajstić information content (AvgIpc) is 2.85. The van der Waals surface area contributed by atoms with Crippen molar-refractivity contribution in [3.05, 3.63) is 5.82 Å². The van der Waals surface area contributed by atoms with Crippen LogP contribution in [0.15, 0.2) is 5.16 Å². The molecule has 6 nitrogen and oxygen atoms in total. The molecule has 1 N–H and O–H groups in total. The van der Waals surface area contributed by atoms with Crippen molar-refractivity contribution in [1.29, 1.82) is 0 Å². The predicted octanol–water partition coefficient (Wildman–Crippen LogP) is 2.79. The fraction of sp³-hybridized carbons (Fsp3) is 0.786. The zero-order valence-electron chi connectivity index (χ0n) is 13.0. The summed E-state index contributed by atoms with van der Waals surface area (Å²) in [5.74, 6) is 0.492. The number of hydrogen-bond donors (Lipinski definition) is 1. The molecular weight excluding hydrogens is 290 g/mol. The van der Waals surface area contributed by atoms with Crippen LogP contribution >= 0.6 is 11.8 Å². The van der Waals surface area contributed by atoms with Gasteiger partial charge in [0, 0.05) is 19.6 Å². The van der Waals surface area contributed by atoms with Crippen molar-refractivity contribution >= 4 is 17.7 Å². The van der Waals surface area contributed by atoms with Crippen LogP contribution in [0.5, 0.6) is 0 Å². The summed E-state index contributed by atoms with van der Waals surface area (Å²) in [6.45, 7) is 5.55. The Hall–Kier alpha value is -1.08. The fourth-order valence-corrected chi connectivity index (χ4v) is 3.02. The summed E-state index contributed by atoms with van der Waals surface area (Å²) < 4.78 is 7.17. The molecule has 0 aliphatic rings. The van der Waals surface area contributed by atoms with Crippen LogP contribution in [0.3, 0.4) is 0 Å². The lowest BCUT2D eigenvalue weighted by molar-refractivity contribution is -0.133. The second-order valence-electron chi connectivity index (χ2n) is 4.94. The smallest absolute Gasteiger partial charge is 0.313 e. The molecule has 21 heavy (non-hydrogen) atoms. The molecule has 0 fully saturated rings. The topological polar surface area (TPSA) is 77.2 Å². The molecule has 0 saturated heterocycles. The van der Waals surface area contributed by atoms with Crippen molar-refractivity contribution < 1.29 is 14.6 Å². The normalized spacial score (nSPS) is 11.2. The Kier molecular flexibility index (Phi) is 8.37. The van der Waals surface area contributed by atoms with Crippen molar-refractivity contribution in [3.63, 3.8) is 0 Å². The fourth-order valence-electron chi connectivity index (χ4n) is 2.33. The van der Waals surface area contributed by atoms with E-state index < -0.39 is 5.97 Å². The quantitative estimate of drug-likeness (QED) is 0.633. The van der Waals surface area contributed by atoms with Gasteiger partial charge in [-0.3, -0.25) is 4.79 Å². The van der Waals surface area contributed by atoms with Crippen molar-refractivity contribution in [2.75, 3.05) is 19.5 Å². The van der Waals surface area contributed by atoms with Crippen LogP contribution in [0, 0.1) is 0 Å². The van der Waals surface area contributed by atoms with E-state index in [4.69, 9.17) is 9.84 Å². The van der Waals surface area contributed by atoms with E-state index in [1.54, 1.807) is 7.11 Å². The lowest BCUT2D eigenvalue weighted by atomic mass is 9.97. The van der Waals surface area contributed by atoms with E-state index >= 15 is 0 Å². The molecule has 7 heteroatoms. The highest BCUT2D eigenvalue weighted by molar-refractivity contribution is 7.99. The van der Waals surface area contributed by atoms with Gasteiger partial charge in [-0.25, -0.2) is 0 Å². The molecule has 120 valence electrons. The molecule has 0 aromatic carbocycles. The van der Waals surface area contributed by atoms with Gasteiger partial charge in [0.05, 0.1) is 12.4 Å². The minimum Gasteiger partial charge on any atom is -0.481 e. The van der Waals surface area contributed by atoms with Crippen LogP contribution < -0.4 is 0 Å².